The number of para-hydroxylation sites is 1. The number of aryl methyl sites for hydroxylation is 1. The van der Waals surface area contributed by atoms with Gasteiger partial charge in [-0.3, -0.25) is 14.2 Å². The Hall–Kier alpha value is -2.54. The Morgan fingerprint density at radius 3 is 2.75 bits per heavy atom. The topological polar surface area (TPSA) is 76.9 Å². The maximum Gasteiger partial charge on any atom is 0.261 e. The number of carbonyl (C=O) groups is 1. The second-order valence-electron chi connectivity index (χ2n) is 7.76. The van der Waals surface area contributed by atoms with Crippen LogP contribution in [0.4, 0.5) is 5.13 Å². The molecule has 28 heavy (non-hydrogen) atoms. The van der Waals surface area contributed by atoms with E-state index < -0.39 is 0 Å². The van der Waals surface area contributed by atoms with E-state index in [0.29, 0.717) is 29.0 Å². The van der Waals surface area contributed by atoms with E-state index in [0.717, 1.165) is 30.6 Å². The first kappa shape index (κ1) is 18.8. The summed E-state index contributed by atoms with van der Waals surface area (Å²) in [6, 6.07) is 7.40. The lowest BCUT2D eigenvalue weighted by Crippen LogP contribution is -2.37. The number of hydrogen-bond donors (Lipinski definition) is 1. The highest BCUT2D eigenvalue weighted by molar-refractivity contribution is 7.15. The summed E-state index contributed by atoms with van der Waals surface area (Å²) < 4.78 is 1.69. The average Bonchev–Trinajstić information content (AvgIpc) is 3.09. The fourth-order valence-electron chi connectivity index (χ4n) is 4.19. The molecule has 1 fully saturated rings. The van der Waals surface area contributed by atoms with Crippen LogP contribution in [0.25, 0.3) is 10.9 Å². The standard InChI is InChI=1S/C21H24N4O2S/c1-15-12-22-20(28-15)24-18(26)11-21(9-5-2-6-10-21)13-25-14-23-17-8-4-3-7-16(17)19(25)27/h3-4,7-8,12,14H,2,5-6,9-11,13H2,1H3,(H,22,24,26). The molecule has 2 heterocycles. The zero-order chi connectivity index (χ0) is 19.6. The van der Waals surface area contributed by atoms with Crippen molar-refractivity contribution in [2.75, 3.05) is 5.32 Å². The summed E-state index contributed by atoms with van der Waals surface area (Å²) in [7, 11) is 0. The molecule has 6 nitrogen and oxygen atoms in total. The molecule has 0 spiro atoms. The van der Waals surface area contributed by atoms with Crippen LogP contribution < -0.4 is 10.9 Å². The van der Waals surface area contributed by atoms with Crippen molar-refractivity contribution in [3.63, 3.8) is 0 Å². The van der Waals surface area contributed by atoms with Crippen molar-refractivity contribution >= 4 is 33.3 Å². The molecule has 3 aromatic rings. The van der Waals surface area contributed by atoms with E-state index in [4.69, 9.17) is 0 Å². The molecule has 0 bridgehead atoms. The van der Waals surface area contributed by atoms with Crippen LogP contribution in [0.15, 0.2) is 41.6 Å². The first-order valence-corrected chi connectivity index (χ1v) is 10.5. The van der Waals surface area contributed by atoms with Crippen LogP contribution in [0, 0.1) is 12.3 Å². The van der Waals surface area contributed by atoms with Gasteiger partial charge in [-0.25, -0.2) is 9.97 Å². The molecule has 1 saturated carbocycles. The second kappa shape index (κ2) is 7.83. The molecule has 0 unspecified atom stereocenters. The van der Waals surface area contributed by atoms with E-state index in [2.05, 4.69) is 15.3 Å². The fourth-order valence-corrected chi connectivity index (χ4v) is 4.87. The number of thiazole rings is 1. The Labute approximate surface area is 167 Å². The molecule has 1 aliphatic rings. The Kier molecular flexibility index (Phi) is 5.26. The zero-order valence-corrected chi connectivity index (χ0v) is 16.8. The van der Waals surface area contributed by atoms with Gasteiger partial charge in [-0.2, -0.15) is 0 Å². The van der Waals surface area contributed by atoms with Crippen molar-refractivity contribution in [3.8, 4) is 0 Å². The Bertz CT molecular complexity index is 1050. The highest BCUT2D eigenvalue weighted by Crippen LogP contribution is 2.41. The summed E-state index contributed by atoms with van der Waals surface area (Å²) in [5.74, 6) is -0.0296. The van der Waals surface area contributed by atoms with Crippen molar-refractivity contribution in [2.45, 2.75) is 52.0 Å². The summed E-state index contributed by atoms with van der Waals surface area (Å²) >= 11 is 1.48. The molecule has 1 aliphatic carbocycles. The molecule has 1 N–H and O–H groups in total. The average molecular weight is 397 g/mol. The molecular weight excluding hydrogens is 372 g/mol. The van der Waals surface area contributed by atoms with Crippen molar-refractivity contribution in [1.29, 1.82) is 0 Å². The molecule has 1 aromatic carbocycles. The van der Waals surface area contributed by atoms with E-state index in [-0.39, 0.29) is 16.9 Å². The minimum atomic E-state index is -0.220. The summed E-state index contributed by atoms with van der Waals surface area (Å²) in [6.45, 7) is 2.49. The van der Waals surface area contributed by atoms with Crippen LogP contribution in [0.3, 0.4) is 0 Å². The minimum absolute atomic E-state index is 0.0296. The summed E-state index contributed by atoms with van der Waals surface area (Å²) in [5.41, 5.74) is 0.451. The predicted molar refractivity (Wildman–Crippen MR) is 112 cm³/mol. The second-order valence-corrected chi connectivity index (χ2v) is 8.99. The van der Waals surface area contributed by atoms with Gasteiger partial charge in [0.15, 0.2) is 5.13 Å². The van der Waals surface area contributed by atoms with Gasteiger partial charge in [-0.05, 0) is 37.3 Å². The largest absolute Gasteiger partial charge is 0.302 e. The first-order valence-electron chi connectivity index (χ1n) is 9.71. The van der Waals surface area contributed by atoms with Crippen LogP contribution >= 0.6 is 11.3 Å². The fraction of sp³-hybridized carbons (Fsp3) is 0.429. The van der Waals surface area contributed by atoms with Crippen LogP contribution in [0.2, 0.25) is 0 Å². The van der Waals surface area contributed by atoms with E-state index in [1.807, 2.05) is 31.2 Å². The number of carbonyl (C=O) groups excluding carboxylic acids is 1. The number of rotatable bonds is 5. The normalized spacial score (nSPS) is 16.2. The number of nitrogens with one attached hydrogen (secondary N) is 1. The van der Waals surface area contributed by atoms with Gasteiger partial charge in [0.05, 0.1) is 17.2 Å². The lowest BCUT2D eigenvalue weighted by atomic mass is 9.71. The summed E-state index contributed by atoms with van der Waals surface area (Å²) in [6.07, 6.45) is 9.01. The lowest BCUT2D eigenvalue weighted by Gasteiger charge is -2.37. The number of fused-ring (bicyclic) bond motifs is 1. The lowest BCUT2D eigenvalue weighted by molar-refractivity contribution is -0.119. The Morgan fingerprint density at radius 1 is 1.21 bits per heavy atom. The Balaban J connectivity index is 1.58. The van der Waals surface area contributed by atoms with Crippen LogP contribution in [0.1, 0.15) is 43.4 Å². The maximum atomic E-state index is 12.9. The number of amides is 1. The van der Waals surface area contributed by atoms with E-state index in [1.54, 1.807) is 17.1 Å². The molecule has 0 aliphatic heterocycles. The summed E-state index contributed by atoms with van der Waals surface area (Å²) in [5, 5.41) is 4.19. The van der Waals surface area contributed by atoms with Gasteiger partial charge in [-0.1, -0.05) is 31.4 Å². The van der Waals surface area contributed by atoms with E-state index in [9.17, 15) is 9.59 Å². The SMILES string of the molecule is Cc1cnc(NC(=O)CC2(Cn3cnc4ccccc4c3=O)CCCCC2)s1. The highest BCUT2D eigenvalue weighted by atomic mass is 32.1. The molecular formula is C21H24N4O2S. The molecule has 0 atom stereocenters. The third-order valence-corrected chi connectivity index (χ3v) is 6.38. The van der Waals surface area contributed by atoms with Crippen LogP contribution in [0.5, 0.6) is 0 Å². The van der Waals surface area contributed by atoms with Crippen molar-refractivity contribution < 1.29 is 4.79 Å². The van der Waals surface area contributed by atoms with Gasteiger partial charge in [0.25, 0.3) is 5.56 Å². The molecule has 0 saturated heterocycles. The van der Waals surface area contributed by atoms with Gasteiger partial charge in [-0.15, -0.1) is 11.3 Å². The molecule has 1 amide bonds. The monoisotopic (exact) mass is 396 g/mol. The smallest absolute Gasteiger partial charge is 0.261 e. The van der Waals surface area contributed by atoms with Crippen molar-refractivity contribution in [3.05, 3.63) is 52.0 Å². The molecule has 7 heteroatoms. The first-order chi connectivity index (χ1) is 13.5. The number of aromatic nitrogens is 3. The predicted octanol–water partition coefficient (Wildman–Crippen LogP) is 4.14. The van der Waals surface area contributed by atoms with Crippen molar-refractivity contribution in [2.24, 2.45) is 5.41 Å². The molecule has 146 valence electrons. The van der Waals surface area contributed by atoms with E-state index >= 15 is 0 Å². The number of hydrogen-bond acceptors (Lipinski definition) is 5. The quantitative estimate of drug-likeness (QED) is 0.703. The minimum Gasteiger partial charge on any atom is -0.302 e. The highest BCUT2D eigenvalue weighted by Gasteiger charge is 2.35. The summed E-state index contributed by atoms with van der Waals surface area (Å²) in [4.78, 5) is 35.4. The van der Waals surface area contributed by atoms with Gasteiger partial charge < -0.3 is 5.32 Å². The van der Waals surface area contributed by atoms with Crippen LogP contribution in [-0.4, -0.2) is 20.4 Å². The van der Waals surface area contributed by atoms with Crippen LogP contribution in [-0.2, 0) is 11.3 Å². The van der Waals surface area contributed by atoms with Gasteiger partial charge in [0.2, 0.25) is 5.91 Å². The number of nitrogens with zero attached hydrogens (tertiary/aromatic N) is 3. The third kappa shape index (κ3) is 3.99. The van der Waals surface area contributed by atoms with Gasteiger partial charge >= 0.3 is 0 Å². The third-order valence-electron chi connectivity index (χ3n) is 5.55. The van der Waals surface area contributed by atoms with Gasteiger partial charge in [0.1, 0.15) is 0 Å². The zero-order valence-electron chi connectivity index (χ0n) is 16.0. The van der Waals surface area contributed by atoms with Gasteiger partial charge in [0, 0.05) is 24.0 Å². The number of anilines is 1. The molecule has 2 aromatic heterocycles. The Morgan fingerprint density at radius 2 is 2.00 bits per heavy atom. The molecule has 4 rings (SSSR count). The van der Waals surface area contributed by atoms with E-state index in [1.165, 1.54) is 17.8 Å². The number of benzene rings is 1. The molecule has 0 radical (unpaired) electrons. The van der Waals surface area contributed by atoms with Crippen molar-refractivity contribution in [1.82, 2.24) is 14.5 Å². The maximum absolute atomic E-state index is 12.9.